The van der Waals surface area contributed by atoms with E-state index in [9.17, 15) is 14.4 Å². The van der Waals surface area contributed by atoms with E-state index in [-0.39, 0.29) is 24.3 Å². The topological polar surface area (TPSA) is 96.5 Å². The molecular formula is C24H23N3O4. The van der Waals surface area contributed by atoms with E-state index in [4.69, 9.17) is 4.74 Å². The van der Waals surface area contributed by atoms with E-state index in [2.05, 4.69) is 16.0 Å². The summed E-state index contributed by atoms with van der Waals surface area (Å²) in [5.41, 5.74) is 2.34. The van der Waals surface area contributed by atoms with Gasteiger partial charge in [-0.2, -0.15) is 0 Å². The van der Waals surface area contributed by atoms with Crippen molar-refractivity contribution >= 4 is 34.8 Å². The molecule has 3 amide bonds. The Morgan fingerprint density at radius 3 is 2.03 bits per heavy atom. The molecule has 0 heterocycles. The van der Waals surface area contributed by atoms with E-state index < -0.39 is 0 Å². The maximum Gasteiger partial charge on any atom is 0.323 e. The summed E-state index contributed by atoms with van der Waals surface area (Å²) in [6.45, 7) is 1.62. The number of carbonyl (C=O) groups excluding carboxylic acids is 3. The zero-order chi connectivity index (χ0) is 22.1. The zero-order valence-electron chi connectivity index (χ0n) is 17.1. The van der Waals surface area contributed by atoms with Gasteiger partial charge in [0.1, 0.15) is 5.75 Å². The van der Waals surface area contributed by atoms with E-state index in [0.29, 0.717) is 34.8 Å². The van der Waals surface area contributed by atoms with Gasteiger partial charge in [-0.05, 0) is 54.6 Å². The summed E-state index contributed by atoms with van der Waals surface area (Å²) in [5.74, 6) is 0.200. The van der Waals surface area contributed by atoms with Gasteiger partial charge in [-0.1, -0.05) is 31.2 Å². The first-order valence-electron chi connectivity index (χ1n) is 9.82. The SMILES string of the molecule is CCC(=O)c1ccc(OCC(=O)Nc2cccc(NC(=O)Nc3ccccc3)c2)cc1. The third-order valence-corrected chi connectivity index (χ3v) is 4.30. The fourth-order valence-electron chi connectivity index (χ4n) is 2.78. The molecule has 0 saturated heterocycles. The highest BCUT2D eigenvalue weighted by atomic mass is 16.5. The third-order valence-electron chi connectivity index (χ3n) is 4.30. The molecule has 0 radical (unpaired) electrons. The summed E-state index contributed by atoms with van der Waals surface area (Å²) in [6, 6.07) is 22.2. The molecule has 7 nitrogen and oxygen atoms in total. The Labute approximate surface area is 180 Å². The van der Waals surface area contributed by atoms with Crippen LogP contribution in [0.2, 0.25) is 0 Å². The minimum atomic E-state index is -0.386. The second kappa shape index (κ2) is 10.6. The van der Waals surface area contributed by atoms with Crippen LogP contribution < -0.4 is 20.7 Å². The average Bonchev–Trinajstić information content (AvgIpc) is 2.78. The van der Waals surface area contributed by atoms with Crippen LogP contribution in [0.25, 0.3) is 0 Å². The van der Waals surface area contributed by atoms with Gasteiger partial charge in [0.2, 0.25) is 0 Å². The van der Waals surface area contributed by atoms with Gasteiger partial charge in [0, 0.05) is 29.0 Å². The van der Waals surface area contributed by atoms with Crippen LogP contribution in [0.3, 0.4) is 0 Å². The van der Waals surface area contributed by atoms with Gasteiger partial charge in [0.25, 0.3) is 5.91 Å². The lowest BCUT2D eigenvalue weighted by atomic mass is 10.1. The molecule has 0 aliphatic rings. The zero-order valence-corrected chi connectivity index (χ0v) is 17.1. The molecule has 0 unspecified atom stereocenters. The van der Waals surface area contributed by atoms with Gasteiger partial charge in [-0.3, -0.25) is 9.59 Å². The van der Waals surface area contributed by atoms with Crippen molar-refractivity contribution in [2.24, 2.45) is 0 Å². The summed E-state index contributed by atoms with van der Waals surface area (Å²) in [6.07, 6.45) is 0.435. The first-order chi connectivity index (χ1) is 15.0. The Morgan fingerprint density at radius 1 is 0.742 bits per heavy atom. The molecule has 3 N–H and O–H groups in total. The highest BCUT2D eigenvalue weighted by Crippen LogP contribution is 2.17. The van der Waals surface area contributed by atoms with Gasteiger partial charge in [0.05, 0.1) is 0 Å². The summed E-state index contributed by atoms with van der Waals surface area (Å²) in [4.78, 5) is 35.9. The molecule has 31 heavy (non-hydrogen) atoms. The van der Waals surface area contributed by atoms with Crippen LogP contribution in [0, 0.1) is 0 Å². The first kappa shape index (κ1) is 21.6. The van der Waals surface area contributed by atoms with Crippen LogP contribution >= 0.6 is 0 Å². The fourth-order valence-corrected chi connectivity index (χ4v) is 2.78. The molecule has 158 valence electrons. The second-order valence-corrected chi connectivity index (χ2v) is 6.66. The summed E-state index contributed by atoms with van der Waals surface area (Å²) in [5, 5.41) is 8.17. The maximum atomic E-state index is 12.2. The predicted molar refractivity (Wildman–Crippen MR) is 121 cm³/mol. The molecule has 0 aromatic heterocycles. The van der Waals surface area contributed by atoms with Gasteiger partial charge in [0.15, 0.2) is 12.4 Å². The Kier molecular flexibility index (Phi) is 7.37. The molecule has 0 bridgehead atoms. The highest BCUT2D eigenvalue weighted by molar-refractivity contribution is 6.00. The number of amides is 3. The van der Waals surface area contributed by atoms with E-state index in [1.54, 1.807) is 67.6 Å². The number of para-hydroxylation sites is 1. The van der Waals surface area contributed by atoms with E-state index in [1.165, 1.54) is 0 Å². The molecule has 7 heteroatoms. The first-order valence-corrected chi connectivity index (χ1v) is 9.82. The molecule has 0 spiro atoms. The van der Waals surface area contributed by atoms with Crippen molar-refractivity contribution in [2.75, 3.05) is 22.6 Å². The summed E-state index contributed by atoms with van der Waals surface area (Å²) < 4.78 is 5.47. The van der Waals surface area contributed by atoms with Crippen molar-refractivity contribution in [3.8, 4) is 5.75 Å². The molecule has 0 fully saturated rings. The minimum absolute atomic E-state index is 0.0511. The lowest BCUT2D eigenvalue weighted by Gasteiger charge is -2.11. The summed E-state index contributed by atoms with van der Waals surface area (Å²) in [7, 11) is 0. The van der Waals surface area contributed by atoms with Crippen molar-refractivity contribution in [1.29, 1.82) is 0 Å². The number of ketones is 1. The van der Waals surface area contributed by atoms with Gasteiger partial charge in [-0.15, -0.1) is 0 Å². The minimum Gasteiger partial charge on any atom is -0.484 e. The molecule has 0 atom stereocenters. The number of nitrogens with one attached hydrogen (secondary N) is 3. The van der Waals surface area contributed by atoms with Gasteiger partial charge < -0.3 is 20.7 Å². The van der Waals surface area contributed by atoms with Crippen LogP contribution in [-0.4, -0.2) is 24.3 Å². The van der Waals surface area contributed by atoms with Crippen molar-refractivity contribution in [3.05, 3.63) is 84.4 Å². The Morgan fingerprint density at radius 2 is 1.35 bits per heavy atom. The van der Waals surface area contributed by atoms with E-state index >= 15 is 0 Å². The van der Waals surface area contributed by atoms with Gasteiger partial charge in [-0.25, -0.2) is 4.79 Å². The number of anilines is 3. The Balaban J connectivity index is 1.50. The highest BCUT2D eigenvalue weighted by Gasteiger charge is 2.08. The molecule has 0 aliphatic heterocycles. The smallest absolute Gasteiger partial charge is 0.323 e. The van der Waals surface area contributed by atoms with Crippen molar-refractivity contribution < 1.29 is 19.1 Å². The summed E-state index contributed by atoms with van der Waals surface area (Å²) >= 11 is 0. The van der Waals surface area contributed by atoms with E-state index in [1.807, 2.05) is 18.2 Å². The van der Waals surface area contributed by atoms with Crippen LogP contribution in [-0.2, 0) is 4.79 Å². The number of carbonyl (C=O) groups is 3. The van der Waals surface area contributed by atoms with Gasteiger partial charge >= 0.3 is 6.03 Å². The lowest BCUT2D eigenvalue weighted by molar-refractivity contribution is -0.118. The molecule has 0 saturated carbocycles. The molecule has 3 aromatic rings. The largest absolute Gasteiger partial charge is 0.484 e. The van der Waals surface area contributed by atoms with Crippen LogP contribution in [0.1, 0.15) is 23.7 Å². The average molecular weight is 417 g/mol. The Hall–Kier alpha value is -4.13. The number of Topliss-reactive ketones (excluding diaryl/α,β-unsaturated/α-hetero) is 1. The quantitative estimate of drug-likeness (QED) is 0.452. The Bertz CT molecular complexity index is 1050. The second-order valence-electron chi connectivity index (χ2n) is 6.66. The van der Waals surface area contributed by atoms with Crippen LogP contribution in [0.15, 0.2) is 78.9 Å². The maximum absolute atomic E-state index is 12.2. The van der Waals surface area contributed by atoms with Crippen molar-refractivity contribution in [2.45, 2.75) is 13.3 Å². The van der Waals surface area contributed by atoms with E-state index in [0.717, 1.165) is 0 Å². The molecule has 0 aliphatic carbocycles. The molecule has 3 aromatic carbocycles. The number of urea groups is 1. The standard InChI is InChI=1S/C24H23N3O4/c1-2-22(28)17-11-13-21(14-12-17)31-16-23(29)25-19-9-6-10-20(15-19)27-24(30)26-18-7-4-3-5-8-18/h3-15H,2,16H2,1H3,(H,25,29)(H2,26,27,30). The number of benzene rings is 3. The normalized spacial score (nSPS) is 10.1. The lowest BCUT2D eigenvalue weighted by Crippen LogP contribution is -2.21. The molecular weight excluding hydrogens is 394 g/mol. The predicted octanol–water partition coefficient (Wildman–Crippen LogP) is 4.94. The molecule has 3 rings (SSSR count). The van der Waals surface area contributed by atoms with Crippen molar-refractivity contribution in [3.63, 3.8) is 0 Å². The number of hydrogen-bond acceptors (Lipinski definition) is 4. The fraction of sp³-hybridized carbons (Fsp3) is 0.125. The van der Waals surface area contributed by atoms with Crippen molar-refractivity contribution in [1.82, 2.24) is 0 Å². The van der Waals surface area contributed by atoms with Crippen LogP contribution in [0.5, 0.6) is 5.75 Å². The number of rotatable bonds is 8. The number of ether oxygens (including phenoxy) is 1. The van der Waals surface area contributed by atoms with Crippen LogP contribution in [0.4, 0.5) is 21.9 Å². The third kappa shape index (κ3) is 6.71. The monoisotopic (exact) mass is 417 g/mol. The number of hydrogen-bond donors (Lipinski definition) is 3.